The second kappa shape index (κ2) is 8.51. The summed E-state index contributed by atoms with van der Waals surface area (Å²) in [5.74, 6) is 1.32. The number of ether oxygens (including phenoxy) is 1. The van der Waals surface area contributed by atoms with Crippen molar-refractivity contribution in [3.05, 3.63) is 29.8 Å². The smallest absolute Gasteiger partial charge is 0.122 e. The van der Waals surface area contributed by atoms with Crippen LogP contribution in [-0.2, 0) is 0 Å². The normalized spacial score (nSPS) is 18.6. The Balaban J connectivity index is 1.77. The van der Waals surface area contributed by atoms with Gasteiger partial charge in [-0.3, -0.25) is 4.90 Å². The van der Waals surface area contributed by atoms with E-state index in [1.54, 1.807) is 0 Å². The highest BCUT2D eigenvalue weighted by Gasteiger charge is 2.18. The highest BCUT2D eigenvalue weighted by atomic mass is 16.5. The molecule has 1 heterocycles. The fraction of sp³-hybridized carbons (Fsp3) is 0.667. The molecule has 2 rings (SSSR count). The summed E-state index contributed by atoms with van der Waals surface area (Å²) in [5, 5.41) is 10.2. The molecule has 0 radical (unpaired) electrons. The lowest BCUT2D eigenvalue weighted by molar-refractivity contribution is 0.0468. The van der Waals surface area contributed by atoms with Crippen LogP contribution < -0.4 is 4.74 Å². The van der Waals surface area contributed by atoms with Gasteiger partial charge in [0.15, 0.2) is 0 Å². The first-order valence-corrected chi connectivity index (χ1v) is 8.44. The number of rotatable bonds is 7. The average Bonchev–Trinajstić information content (AvgIpc) is 2.54. The third-order valence-corrected chi connectivity index (χ3v) is 4.35. The maximum atomic E-state index is 10.2. The Hall–Kier alpha value is -1.10. The van der Waals surface area contributed by atoms with E-state index in [0.717, 1.165) is 38.5 Å². The summed E-state index contributed by atoms with van der Waals surface area (Å²) in [6, 6.07) is 8.10. The van der Waals surface area contributed by atoms with Crippen LogP contribution >= 0.6 is 0 Å². The molecule has 124 valence electrons. The maximum Gasteiger partial charge on any atom is 0.122 e. The topological polar surface area (TPSA) is 35.9 Å². The third kappa shape index (κ3) is 4.97. The zero-order chi connectivity index (χ0) is 15.9. The Morgan fingerprint density at radius 3 is 2.36 bits per heavy atom. The summed E-state index contributed by atoms with van der Waals surface area (Å²) in [4.78, 5) is 4.77. The van der Waals surface area contributed by atoms with E-state index in [4.69, 9.17) is 4.74 Å². The highest BCUT2D eigenvalue weighted by molar-refractivity contribution is 5.35. The summed E-state index contributed by atoms with van der Waals surface area (Å²) >= 11 is 0. The van der Waals surface area contributed by atoms with Crippen molar-refractivity contribution in [3.8, 4) is 5.75 Å². The zero-order valence-electron chi connectivity index (χ0n) is 14.2. The molecule has 22 heavy (non-hydrogen) atoms. The van der Waals surface area contributed by atoms with Crippen LogP contribution in [0.15, 0.2) is 24.3 Å². The molecule has 1 aliphatic rings. The monoisotopic (exact) mass is 306 g/mol. The molecular weight excluding hydrogens is 276 g/mol. The SMILES string of the molecule is CCN1CCN(C[C@@H](O)COc2ccccc2C(C)C)CC1. The molecule has 0 bridgehead atoms. The first kappa shape index (κ1) is 17.3. The van der Waals surface area contributed by atoms with E-state index in [1.165, 1.54) is 5.56 Å². The molecule has 1 aromatic carbocycles. The Morgan fingerprint density at radius 2 is 1.73 bits per heavy atom. The van der Waals surface area contributed by atoms with Crippen molar-refractivity contribution < 1.29 is 9.84 Å². The Kier molecular flexibility index (Phi) is 6.68. The van der Waals surface area contributed by atoms with Crippen LogP contribution in [0.2, 0.25) is 0 Å². The van der Waals surface area contributed by atoms with Gasteiger partial charge in [-0.05, 0) is 24.1 Å². The van der Waals surface area contributed by atoms with Crippen molar-refractivity contribution in [2.24, 2.45) is 0 Å². The number of piperazine rings is 1. The Bertz CT molecular complexity index is 442. The van der Waals surface area contributed by atoms with Gasteiger partial charge < -0.3 is 14.7 Å². The second-order valence-corrected chi connectivity index (χ2v) is 6.39. The van der Waals surface area contributed by atoms with E-state index < -0.39 is 6.10 Å². The molecule has 1 atom stereocenters. The van der Waals surface area contributed by atoms with Crippen molar-refractivity contribution in [1.29, 1.82) is 0 Å². The summed E-state index contributed by atoms with van der Waals surface area (Å²) in [6.07, 6.45) is -0.437. The molecule has 1 fully saturated rings. The molecule has 0 spiro atoms. The van der Waals surface area contributed by atoms with Crippen LogP contribution in [0.3, 0.4) is 0 Å². The minimum Gasteiger partial charge on any atom is -0.491 e. The maximum absolute atomic E-state index is 10.2. The number of aliphatic hydroxyl groups excluding tert-OH is 1. The predicted molar refractivity (Wildman–Crippen MR) is 90.6 cm³/mol. The van der Waals surface area contributed by atoms with Gasteiger partial charge in [0.05, 0.1) is 0 Å². The van der Waals surface area contributed by atoms with Crippen molar-refractivity contribution in [3.63, 3.8) is 0 Å². The Labute approximate surface area is 134 Å². The number of hydrogen-bond acceptors (Lipinski definition) is 4. The molecule has 0 aliphatic carbocycles. The van der Waals surface area contributed by atoms with Gasteiger partial charge in [-0.15, -0.1) is 0 Å². The van der Waals surface area contributed by atoms with E-state index in [2.05, 4.69) is 36.6 Å². The lowest BCUT2D eigenvalue weighted by Gasteiger charge is -2.34. The Morgan fingerprint density at radius 1 is 1.09 bits per heavy atom. The van der Waals surface area contributed by atoms with E-state index in [1.807, 2.05) is 18.2 Å². The van der Waals surface area contributed by atoms with Gasteiger partial charge in [-0.1, -0.05) is 39.0 Å². The van der Waals surface area contributed by atoms with Gasteiger partial charge in [-0.2, -0.15) is 0 Å². The van der Waals surface area contributed by atoms with Gasteiger partial charge in [0.1, 0.15) is 18.5 Å². The quantitative estimate of drug-likeness (QED) is 0.838. The standard InChI is InChI=1S/C18H30N2O2/c1-4-19-9-11-20(12-10-19)13-16(21)14-22-18-8-6-5-7-17(18)15(2)3/h5-8,15-16,21H,4,9-14H2,1-3H3/t16-/m1/s1. The minimum atomic E-state index is -0.437. The number of nitrogens with zero attached hydrogens (tertiary/aromatic N) is 2. The first-order chi connectivity index (χ1) is 10.6. The van der Waals surface area contributed by atoms with Crippen molar-refractivity contribution >= 4 is 0 Å². The van der Waals surface area contributed by atoms with E-state index in [0.29, 0.717) is 19.1 Å². The van der Waals surface area contributed by atoms with E-state index in [-0.39, 0.29) is 0 Å². The summed E-state index contributed by atoms with van der Waals surface area (Å²) in [5.41, 5.74) is 1.20. The number of benzene rings is 1. The fourth-order valence-corrected chi connectivity index (χ4v) is 2.91. The van der Waals surface area contributed by atoms with Crippen LogP contribution in [0.1, 0.15) is 32.3 Å². The number of hydrogen-bond donors (Lipinski definition) is 1. The minimum absolute atomic E-state index is 0.359. The molecular formula is C18H30N2O2. The fourth-order valence-electron chi connectivity index (χ4n) is 2.91. The van der Waals surface area contributed by atoms with Gasteiger partial charge >= 0.3 is 0 Å². The van der Waals surface area contributed by atoms with Crippen LogP contribution in [-0.4, -0.2) is 66.9 Å². The lowest BCUT2D eigenvalue weighted by Crippen LogP contribution is -2.49. The molecule has 4 heteroatoms. The third-order valence-electron chi connectivity index (χ3n) is 4.35. The lowest BCUT2D eigenvalue weighted by atomic mass is 10.0. The molecule has 1 N–H and O–H groups in total. The molecule has 0 unspecified atom stereocenters. The molecule has 1 aromatic rings. The van der Waals surface area contributed by atoms with Crippen LogP contribution in [0.25, 0.3) is 0 Å². The van der Waals surface area contributed by atoms with E-state index in [9.17, 15) is 5.11 Å². The van der Waals surface area contributed by atoms with Gasteiger partial charge in [-0.25, -0.2) is 0 Å². The summed E-state index contributed by atoms with van der Waals surface area (Å²) in [7, 11) is 0. The van der Waals surface area contributed by atoms with Crippen molar-refractivity contribution in [2.75, 3.05) is 45.9 Å². The molecule has 1 aliphatic heterocycles. The van der Waals surface area contributed by atoms with Crippen LogP contribution in [0.5, 0.6) is 5.75 Å². The van der Waals surface area contributed by atoms with Crippen molar-refractivity contribution in [1.82, 2.24) is 9.80 Å². The highest BCUT2D eigenvalue weighted by Crippen LogP contribution is 2.25. The van der Waals surface area contributed by atoms with Gasteiger partial charge in [0, 0.05) is 32.7 Å². The molecule has 4 nitrogen and oxygen atoms in total. The molecule has 0 saturated carbocycles. The van der Waals surface area contributed by atoms with Gasteiger partial charge in [0.2, 0.25) is 0 Å². The molecule has 1 saturated heterocycles. The summed E-state index contributed by atoms with van der Waals surface area (Å²) < 4.78 is 5.86. The largest absolute Gasteiger partial charge is 0.491 e. The predicted octanol–water partition coefficient (Wildman–Crippen LogP) is 2.19. The van der Waals surface area contributed by atoms with Crippen molar-refractivity contribution in [2.45, 2.75) is 32.8 Å². The van der Waals surface area contributed by atoms with Crippen LogP contribution in [0.4, 0.5) is 0 Å². The number of likely N-dealkylation sites (N-methyl/N-ethyl adjacent to an activating group) is 1. The molecule has 0 aromatic heterocycles. The van der Waals surface area contributed by atoms with E-state index >= 15 is 0 Å². The van der Waals surface area contributed by atoms with Gasteiger partial charge in [0.25, 0.3) is 0 Å². The second-order valence-electron chi connectivity index (χ2n) is 6.39. The first-order valence-electron chi connectivity index (χ1n) is 8.44. The number of aliphatic hydroxyl groups is 1. The summed E-state index contributed by atoms with van der Waals surface area (Å²) in [6.45, 7) is 13.0. The zero-order valence-corrected chi connectivity index (χ0v) is 14.2. The van der Waals surface area contributed by atoms with Crippen LogP contribution in [0, 0.1) is 0 Å². The number of para-hydroxylation sites is 1. The molecule has 0 amide bonds. The number of β-amino-alcohol motifs (C(OH)–C–C–N with tert-alkyl or cyclic N) is 1. The average molecular weight is 306 g/mol.